The maximum absolute atomic E-state index is 13.7. The van der Waals surface area contributed by atoms with Crippen LogP contribution in [0.2, 0.25) is 0 Å². The summed E-state index contributed by atoms with van der Waals surface area (Å²) in [7, 11) is 0. The fourth-order valence-electron chi connectivity index (χ4n) is 2.61. The molecule has 0 spiro atoms. The van der Waals surface area contributed by atoms with E-state index in [9.17, 15) is 26.7 Å². The number of halogens is 5. The number of carbonyl (C=O) groups excluding carboxylic acids is 1. The Balaban J connectivity index is 2.36. The monoisotopic (exact) mass is 380 g/mol. The van der Waals surface area contributed by atoms with Gasteiger partial charge in [-0.15, -0.1) is 0 Å². The molecule has 146 valence electrons. The van der Waals surface area contributed by atoms with E-state index >= 15 is 0 Å². The highest BCUT2D eigenvalue weighted by atomic mass is 19.4. The molecule has 1 unspecified atom stereocenters. The first kappa shape index (κ1) is 20.6. The number of hydrogen-bond donors (Lipinski definition) is 2. The average Bonchev–Trinajstić information content (AvgIpc) is 2.53. The van der Waals surface area contributed by atoms with Crippen LogP contribution in [-0.2, 0) is 27.2 Å². The Hall–Kier alpha value is -1.74. The van der Waals surface area contributed by atoms with Gasteiger partial charge in [0.2, 0.25) is 5.91 Å². The van der Waals surface area contributed by atoms with Gasteiger partial charge in [-0.2, -0.15) is 13.2 Å². The highest BCUT2D eigenvalue weighted by molar-refractivity contribution is 5.82. The lowest BCUT2D eigenvalue weighted by Crippen LogP contribution is -2.55. The molecule has 1 heterocycles. The summed E-state index contributed by atoms with van der Waals surface area (Å²) in [6.45, 7) is 4.50. The van der Waals surface area contributed by atoms with Crippen molar-refractivity contribution in [3.8, 4) is 0 Å². The molecule has 0 radical (unpaired) electrons. The first-order chi connectivity index (χ1) is 11.8. The van der Waals surface area contributed by atoms with Crippen molar-refractivity contribution in [3.63, 3.8) is 0 Å². The predicted octanol–water partition coefficient (Wildman–Crippen LogP) is 3.16. The minimum absolute atomic E-state index is 0.0612. The standard InChI is InChI=1S/C17H21F5N2O2/c1-15(2,24-14(25)13-9-26-5-4-23-13)10-6-11(16(3,18)19)8-12(7-10)17(20,21)22/h6-8,13,23H,4-5,9H2,1-3H3,(H,24,25). The largest absolute Gasteiger partial charge is 0.416 e. The molecule has 0 saturated carbocycles. The summed E-state index contributed by atoms with van der Waals surface area (Å²) in [4.78, 5) is 12.3. The minimum atomic E-state index is -4.78. The lowest BCUT2D eigenvalue weighted by molar-refractivity contribution is -0.137. The highest BCUT2D eigenvalue weighted by Crippen LogP contribution is 2.37. The van der Waals surface area contributed by atoms with Crippen LogP contribution in [0.3, 0.4) is 0 Å². The second-order valence-corrected chi connectivity index (χ2v) is 6.88. The number of rotatable bonds is 4. The summed E-state index contributed by atoms with van der Waals surface area (Å²) in [5.41, 5.74) is -3.30. The Morgan fingerprint density at radius 1 is 1.08 bits per heavy atom. The van der Waals surface area contributed by atoms with Crippen LogP contribution < -0.4 is 10.6 Å². The molecule has 9 heteroatoms. The van der Waals surface area contributed by atoms with Gasteiger partial charge in [0.1, 0.15) is 6.04 Å². The molecule has 1 aliphatic heterocycles. The first-order valence-electron chi connectivity index (χ1n) is 8.05. The first-order valence-corrected chi connectivity index (χ1v) is 8.05. The van der Waals surface area contributed by atoms with E-state index < -0.39 is 40.7 Å². The van der Waals surface area contributed by atoms with Crippen LogP contribution in [0.4, 0.5) is 22.0 Å². The molecular formula is C17H21F5N2O2. The number of ether oxygens (including phenoxy) is 1. The van der Waals surface area contributed by atoms with Crippen molar-refractivity contribution in [2.24, 2.45) is 0 Å². The van der Waals surface area contributed by atoms with Gasteiger partial charge in [0.15, 0.2) is 0 Å². The van der Waals surface area contributed by atoms with Gasteiger partial charge in [-0.1, -0.05) is 0 Å². The zero-order valence-electron chi connectivity index (χ0n) is 14.6. The number of carbonyl (C=O) groups is 1. The van der Waals surface area contributed by atoms with Crippen LogP contribution in [0.25, 0.3) is 0 Å². The lowest BCUT2D eigenvalue weighted by atomic mass is 9.89. The van der Waals surface area contributed by atoms with Crippen LogP contribution in [0.1, 0.15) is 37.5 Å². The summed E-state index contributed by atoms with van der Waals surface area (Å²) < 4.78 is 71.9. The molecule has 1 fully saturated rings. The average molecular weight is 380 g/mol. The molecule has 0 bridgehead atoms. The predicted molar refractivity (Wildman–Crippen MR) is 84.8 cm³/mol. The molecule has 2 rings (SSSR count). The quantitative estimate of drug-likeness (QED) is 0.789. The van der Waals surface area contributed by atoms with E-state index in [4.69, 9.17) is 4.74 Å². The van der Waals surface area contributed by atoms with Crippen molar-refractivity contribution in [1.29, 1.82) is 0 Å². The topological polar surface area (TPSA) is 50.4 Å². The van der Waals surface area contributed by atoms with Crippen molar-refractivity contribution in [3.05, 3.63) is 34.9 Å². The molecule has 26 heavy (non-hydrogen) atoms. The van der Waals surface area contributed by atoms with Crippen LogP contribution in [0, 0.1) is 0 Å². The third-order valence-corrected chi connectivity index (χ3v) is 4.16. The number of morpholine rings is 1. The van der Waals surface area contributed by atoms with E-state index in [0.717, 1.165) is 12.1 Å². The zero-order valence-corrected chi connectivity index (χ0v) is 14.6. The maximum atomic E-state index is 13.7. The summed E-state index contributed by atoms with van der Waals surface area (Å²) in [5, 5.41) is 5.53. The molecule has 0 aromatic heterocycles. The fraction of sp³-hybridized carbons (Fsp3) is 0.588. The van der Waals surface area contributed by atoms with E-state index in [1.807, 2.05) is 0 Å². The lowest BCUT2D eigenvalue weighted by Gasteiger charge is -2.32. The smallest absolute Gasteiger partial charge is 0.378 e. The Morgan fingerprint density at radius 3 is 2.15 bits per heavy atom. The molecule has 1 aromatic carbocycles. The van der Waals surface area contributed by atoms with E-state index in [0.29, 0.717) is 26.1 Å². The Kier molecular flexibility index (Phi) is 5.63. The van der Waals surface area contributed by atoms with Gasteiger partial charge in [0, 0.05) is 19.0 Å². The normalized spacial score (nSPS) is 19.3. The Morgan fingerprint density at radius 2 is 1.65 bits per heavy atom. The summed E-state index contributed by atoms with van der Waals surface area (Å²) >= 11 is 0. The molecule has 1 aromatic rings. The third kappa shape index (κ3) is 4.91. The second-order valence-electron chi connectivity index (χ2n) is 6.88. The molecular weight excluding hydrogens is 359 g/mol. The van der Waals surface area contributed by atoms with Gasteiger partial charge in [0.05, 0.1) is 24.3 Å². The zero-order chi connectivity index (χ0) is 19.8. The van der Waals surface area contributed by atoms with Crippen LogP contribution in [-0.4, -0.2) is 31.7 Å². The van der Waals surface area contributed by atoms with Gasteiger partial charge in [0.25, 0.3) is 5.92 Å². The number of amides is 1. The van der Waals surface area contributed by atoms with E-state index in [2.05, 4.69) is 10.6 Å². The number of hydrogen-bond acceptors (Lipinski definition) is 3. The van der Waals surface area contributed by atoms with Crippen molar-refractivity contribution in [2.45, 2.75) is 44.5 Å². The van der Waals surface area contributed by atoms with E-state index in [1.54, 1.807) is 0 Å². The molecule has 1 amide bonds. The Labute approximate surface area is 148 Å². The number of alkyl halides is 5. The van der Waals surface area contributed by atoms with Crippen molar-refractivity contribution < 1.29 is 31.5 Å². The Bertz CT molecular complexity index is 630. The summed E-state index contributed by atoms with van der Waals surface area (Å²) in [6, 6.07) is 1.54. The third-order valence-electron chi connectivity index (χ3n) is 4.16. The van der Waals surface area contributed by atoms with Gasteiger partial charge >= 0.3 is 6.18 Å². The molecule has 0 aliphatic carbocycles. The maximum Gasteiger partial charge on any atom is 0.416 e. The molecule has 1 saturated heterocycles. The van der Waals surface area contributed by atoms with Gasteiger partial charge in [-0.05, 0) is 37.6 Å². The van der Waals surface area contributed by atoms with Crippen molar-refractivity contribution in [1.82, 2.24) is 10.6 Å². The van der Waals surface area contributed by atoms with Crippen molar-refractivity contribution in [2.75, 3.05) is 19.8 Å². The van der Waals surface area contributed by atoms with Crippen LogP contribution in [0.15, 0.2) is 18.2 Å². The number of benzene rings is 1. The van der Waals surface area contributed by atoms with Crippen molar-refractivity contribution >= 4 is 5.91 Å². The molecule has 4 nitrogen and oxygen atoms in total. The van der Waals surface area contributed by atoms with Crippen LogP contribution in [0.5, 0.6) is 0 Å². The minimum Gasteiger partial charge on any atom is -0.378 e. The summed E-state index contributed by atoms with van der Waals surface area (Å²) in [5.74, 6) is -3.92. The van der Waals surface area contributed by atoms with E-state index in [1.165, 1.54) is 13.8 Å². The van der Waals surface area contributed by atoms with E-state index in [-0.39, 0.29) is 12.2 Å². The summed E-state index contributed by atoms with van der Waals surface area (Å²) in [6.07, 6.45) is -4.78. The highest BCUT2D eigenvalue weighted by Gasteiger charge is 2.37. The fourth-order valence-corrected chi connectivity index (χ4v) is 2.61. The molecule has 2 N–H and O–H groups in total. The van der Waals surface area contributed by atoms with Crippen LogP contribution >= 0.6 is 0 Å². The molecule has 1 aliphatic rings. The van der Waals surface area contributed by atoms with Gasteiger partial charge < -0.3 is 15.4 Å². The number of nitrogens with one attached hydrogen (secondary N) is 2. The second kappa shape index (κ2) is 7.11. The SMILES string of the molecule is CC(F)(F)c1cc(C(F)(F)F)cc(C(C)(C)NC(=O)C2COCCN2)c1. The van der Waals surface area contributed by atoms with Gasteiger partial charge in [-0.25, -0.2) is 8.78 Å². The molecule has 1 atom stereocenters. The van der Waals surface area contributed by atoms with Gasteiger partial charge in [-0.3, -0.25) is 4.79 Å².